The number of nitrogens with two attached hydrogens (primary N) is 1. The number of alkyl halides is 1. The molecule has 4 heterocycles. The molecule has 0 aliphatic heterocycles. The quantitative estimate of drug-likeness (QED) is 0.384. The minimum Gasteiger partial charge on any atom is -0.389 e. The molecule has 0 spiro atoms. The van der Waals surface area contributed by atoms with Gasteiger partial charge in [-0.15, -0.1) is 5.10 Å². The van der Waals surface area contributed by atoms with Gasteiger partial charge in [0.25, 0.3) is 0 Å². The molecular formula is C22H25FN8O3. The maximum atomic E-state index is 13.7. The average Bonchev–Trinajstić information content (AvgIpc) is 3.29. The molecule has 0 saturated heterocycles. The van der Waals surface area contributed by atoms with Crippen molar-refractivity contribution in [3.63, 3.8) is 0 Å². The highest BCUT2D eigenvalue weighted by molar-refractivity contribution is 5.87. The van der Waals surface area contributed by atoms with Crippen molar-refractivity contribution in [3.8, 4) is 0 Å². The summed E-state index contributed by atoms with van der Waals surface area (Å²) in [6, 6.07) is 5.08. The first-order valence-electron chi connectivity index (χ1n) is 11.4. The van der Waals surface area contributed by atoms with Crippen molar-refractivity contribution in [2.75, 3.05) is 5.32 Å². The average molecular weight is 469 g/mol. The Balaban J connectivity index is 1.54. The molecule has 0 atom stereocenters. The van der Waals surface area contributed by atoms with E-state index in [1.54, 1.807) is 38.2 Å². The molecule has 178 valence electrons. The number of amides is 1. The van der Waals surface area contributed by atoms with Crippen molar-refractivity contribution in [2.45, 2.75) is 50.4 Å². The van der Waals surface area contributed by atoms with Crippen LogP contribution in [0.1, 0.15) is 33.9 Å². The van der Waals surface area contributed by atoms with Gasteiger partial charge in [0.15, 0.2) is 5.82 Å². The number of aryl methyl sites for hydroxylation is 1. The van der Waals surface area contributed by atoms with Crippen molar-refractivity contribution in [1.82, 2.24) is 28.7 Å². The first kappa shape index (κ1) is 20.8. The summed E-state index contributed by atoms with van der Waals surface area (Å²) >= 11 is 0. The molecule has 5 rings (SSSR count). The Kier molecular flexibility index (Phi) is 4.49. The van der Waals surface area contributed by atoms with Crippen LogP contribution in [0.2, 0.25) is 0 Å². The van der Waals surface area contributed by atoms with Gasteiger partial charge < -0.3 is 16.2 Å². The van der Waals surface area contributed by atoms with Crippen LogP contribution in [0, 0.1) is 0 Å². The maximum Gasteiger partial charge on any atom is 0.328 e. The number of carbonyl (C=O) groups excluding carboxylic acids is 1. The second-order valence-corrected chi connectivity index (χ2v) is 9.38. The molecule has 0 unspecified atom stereocenters. The lowest BCUT2D eigenvalue weighted by Crippen LogP contribution is -2.53. The summed E-state index contributed by atoms with van der Waals surface area (Å²) in [4.78, 5) is 33.6. The molecule has 11 nitrogen and oxygen atoms in total. The second-order valence-electron chi connectivity index (χ2n) is 9.38. The third-order valence-corrected chi connectivity index (χ3v) is 6.13. The number of nitrogens with one attached hydrogen (secondary N) is 1. The normalized spacial score (nSPS) is 20.9. The Morgan fingerprint density at radius 2 is 2.09 bits per heavy atom. The Bertz CT molecular complexity index is 1510. The number of aromatic nitrogens is 6. The van der Waals surface area contributed by atoms with E-state index in [4.69, 9.17) is 7.10 Å². The summed E-state index contributed by atoms with van der Waals surface area (Å²) in [6.45, 7) is 3.22. The zero-order valence-corrected chi connectivity index (χ0v) is 18.7. The topological polar surface area (TPSA) is 145 Å². The van der Waals surface area contributed by atoms with E-state index in [2.05, 4.69) is 20.4 Å². The first-order chi connectivity index (χ1) is 16.5. The Morgan fingerprint density at radius 1 is 1.32 bits per heavy atom. The molecule has 4 N–H and O–H groups in total. The van der Waals surface area contributed by atoms with E-state index < -0.39 is 28.8 Å². The fourth-order valence-electron chi connectivity index (χ4n) is 4.42. The fraction of sp³-hybridized carbons (Fsp3) is 0.409. The molecule has 34 heavy (non-hydrogen) atoms. The predicted octanol–water partition coefficient (Wildman–Crippen LogP) is 1.15. The van der Waals surface area contributed by atoms with Crippen LogP contribution in [0.15, 0.2) is 35.4 Å². The van der Waals surface area contributed by atoms with E-state index in [9.17, 15) is 19.1 Å². The molecule has 4 aromatic heterocycles. The molecule has 1 aliphatic rings. The lowest BCUT2D eigenvalue weighted by Gasteiger charge is -2.39. The Hall–Kier alpha value is -3.80. The van der Waals surface area contributed by atoms with E-state index in [0.29, 0.717) is 28.2 Å². The summed E-state index contributed by atoms with van der Waals surface area (Å²) in [5, 5.41) is 17.9. The minimum atomic E-state index is -1.21. The predicted molar refractivity (Wildman–Crippen MR) is 123 cm³/mol. The van der Waals surface area contributed by atoms with Crippen LogP contribution in [0.5, 0.6) is 0 Å². The molecular weight excluding hydrogens is 443 g/mol. The molecule has 1 saturated carbocycles. The summed E-state index contributed by atoms with van der Waals surface area (Å²) in [5.41, 5.74) is 4.41. The van der Waals surface area contributed by atoms with Crippen molar-refractivity contribution >= 4 is 34.1 Å². The summed E-state index contributed by atoms with van der Waals surface area (Å²) in [6.07, 6.45) is 1.83. The number of fused-ring (bicyclic) bond motifs is 2. The molecule has 0 bridgehead atoms. The molecule has 0 aromatic carbocycles. The number of pyridine rings is 1. The highest BCUT2D eigenvalue weighted by atomic mass is 19.1. The zero-order chi connectivity index (χ0) is 25.1. The Morgan fingerprint density at radius 3 is 2.74 bits per heavy atom. The maximum absolute atomic E-state index is 13.7. The highest BCUT2D eigenvalue weighted by Gasteiger charge is 2.54. The molecule has 4 aromatic rings. The van der Waals surface area contributed by atoms with Gasteiger partial charge in [0.05, 0.1) is 41.1 Å². The second kappa shape index (κ2) is 7.35. The molecule has 1 aliphatic carbocycles. The van der Waals surface area contributed by atoms with E-state index in [1.165, 1.54) is 19.8 Å². The van der Waals surface area contributed by atoms with Crippen molar-refractivity contribution in [1.29, 1.82) is 0 Å². The molecule has 1 amide bonds. The van der Waals surface area contributed by atoms with Crippen LogP contribution < -0.4 is 16.7 Å². The SMILES string of the molecule is [2H]Cn1c(=O)n(CC(C)(C)O)c2cc(Nc3ccc4cnc(C5(C(N)=O)CC(F)C5)n4n3)ncc21. The van der Waals surface area contributed by atoms with Gasteiger partial charge in [0.1, 0.15) is 23.2 Å². The van der Waals surface area contributed by atoms with Gasteiger partial charge in [-0.05, 0) is 26.0 Å². The number of nitrogens with zero attached hydrogens (tertiary/aromatic N) is 6. The number of rotatable bonds is 6. The van der Waals surface area contributed by atoms with Gasteiger partial charge in [-0.2, -0.15) is 0 Å². The summed E-state index contributed by atoms with van der Waals surface area (Å²) in [5.74, 6) is 0.382. The summed E-state index contributed by atoms with van der Waals surface area (Å²) < 4.78 is 25.6. The van der Waals surface area contributed by atoms with Gasteiger partial charge >= 0.3 is 5.69 Å². The van der Waals surface area contributed by atoms with Crippen molar-refractivity contribution in [2.24, 2.45) is 12.8 Å². The van der Waals surface area contributed by atoms with E-state index in [-0.39, 0.29) is 32.2 Å². The largest absolute Gasteiger partial charge is 0.389 e. The van der Waals surface area contributed by atoms with Crippen LogP contribution in [-0.4, -0.2) is 51.5 Å². The van der Waals surface area contributed by atoms with Gasteiger partial charge in [0.2, 0.25) is 5.91 Å². The van der Waals surface area contributed by atoms with E-state index >= 15 is 0 Å². The van der Waals surface area contributed by atoms with Gasteiger partial charge in [-0.3, -0.25) is 13.9 Å². The molecule has 0 radical (unpaired) electrons. The lowest BCUT2D eigenvalue weighted by molar-refractivity contribution is -0.129. The first-order valence-corrected chi connectivity index (χ1v) is 10.7. The smallest absolute Gasteiger partial charge is 0.328 e. The number of aliphatic hydroxyl groups is 1. The van der Waals surface area contributed by atoms with Crippen LogP contribution in [0.25, 0.3) is 16.6 Å². The number of imidazole rings is 2. The summed E-state index contributed by atoms with van der Waals surface area (Å²) in [7, 11) is -0.286. The van der Waals surface area contributed by atoms with E-state index in [0.717, 1.165) is 0 Å². The van der Waals surface area contributed by atoms with Gasteiger partial charge in [0, 0.05) is 27.3 Å². The van der Waals surface area contributed by atoms with Crippen molar-refractivity contribution < 1.29 is 15.7 Å². The molecule has 12 heteroatoms. The monoisotopic (exact) mass is 469 g/mol. The van der Waals surface area contributed by atoms with Crippen LogP contribution in [0.3, 0.4) is 0 Å². The Labute approximate surface area is 194 Å². The number of primary amides is 1. The third-order valence-electron chi connectivity index (χ3n) is 6.13. The number of hydrogen-bond donors (Lipinski definition) is 3. The number of anilines is 2. The van der Waals surface area contributed by atoms with Gasteiger partial charge in [-0.1, -0.05) is 0 Å². The number of halogens is 1. The van der Waals surface area contributed by atoms with Gasteiger partial charge in [-0.25, -0.2) is 23.7 Å². The lowest BCUT2D eigenvalue weighted by atomic mass is 9.66. The third kappa shape index (κ3) is 3.41. The van der Waals surface area contributed by atoms with Crippen LogP contribution in [0.4, 0.5) is 16.0 Å². The number of carbonyl (C=O) groups is 1. The van der Waals surface area contributed by atoms with E-state index in [1.807, 2.05) is 0 Å². The van der Waals surface area contributed by atoms with Crippen LogP contribution >= 0.6 is 0 Å². The molecule has 1 fully saturated rings. The van der Waals surface area contributed by atoms with Crippen molar-refractivity contribution in [3.05, 3.63) is 46.9 Å². The zero-order valence-electron chi connectivity index (χ0n) is 19.7. The standard InChI is InChI=1S/C22H25FN8O3/c1-21(2,34)11-30-14-6-17(25-10-15(14)29(3)20(30)33)27-16-5-4-13-9-26-19(31(13)28-16)22(18(24)32)7-12(23)8-22/h4-6,9-10,12,34H,7-8,11H2,1-3H3,(H2,24,32)(H,25,27,28)/i3D. The minimum absolute atomic E-state index is 0.0339. The highest BCUT2D eigenvalue weighted by Crippen LogP contribution is 2.44. The van der Waals surface area contributed by atoms with Crippen LogP contribution in [-0.2, 0) is 23.8 Å². The number of hydrogen-bond acceptors (Lipinski definition) is 7. The fourth-order valence-corrected chi connectivity index (χ4v) is 4.42.